The topological polar surface area (TPSA) is 35.2 Å². The molecule has 0 bridgehead atoms. The molecular weight excluding hydrogens is 326 g/mol. The number of ether oxygens (including phenoxy) is 1. The Bertz CT molecular complexity index is 595. The molecule has 0 radical (unpaired) electrons. The monoisotopic (exact) mass is 347 g/mol. The van der Waals surface area contributed by atoms with Crippen molar-refractivity contribution >= 4 is 15.9 Å². The Balaban J connectivity index is 2.36. The lowest BCUT2D eigenvalue weighted by Gasteiger charge is -2.26. The van der Waals surface area contributed by atoms with Crippen molar-refractivity contribution in [3.8, 4) is 5.75 Å². The summed E-state index contributed by atoms with van der Waals surface area (Å²) in [7, 11) is 0. The summed E-state index contributed by atoms with van der Waals surface area (Å²) >= 11 is 3.59. The van der Waals surface area contributed by atoms with Crippen LogP contribution in [0.2, 0.25) is 0 Å². The van der Waals surface area contributed by atoms with E-state index in [9.17, 15) is 0 Å². The van der Waals surface area contributed by atoms with Gasteiger partial charge in [-0.25, -0.2) is 0 Å². The van der Waals surface area contributed by atoms with E-state index in [0.29, 0.717) is 5.92 Å². The Kier molecular flexibility index (Phi) is 5.43. The van der Waals surface area contributed by atoms with E-state index in [0.717, 1.165) is 15.8 Å². The molecule has 2 nitrogen and oxygen atoms in total. The summed E-state index contributed by atoms with van der Waals surface area (Å²) in [6.45, 7) is 6.31. The molecule has 0 aliphatic heterocycles. The molecule has 2 aromatic carbocycles. The molecule has 2 atom stereocenters. The Morgan fingerprint density at radius 2 is 1.48 bits per heavy atom. The van der Waals surface area contributed by atoms with Gasteiger partial charge in [-0.05, 0) is 30.5 Å². The number of hydrogen-bond acceptors (Lipinski definition) is 2. The number of hydrogen-bond donors (Lipinski definition) is 1. The van der Waals surface area contributed by atoms with Crippen molar-refractivity contribution in [3.63, 3.8) is 0 Å². The van der Waals surface area contributed by atoms with E-state index >= 15 is 0 Å². The Morgan fingerprint density at radius 1 is 0.905 bits per heavy atom. The highest BCUT2D eigenvalue weighted by Gasteiger charge is 2.22. The van der Waals surface area contributed by atoms with Crippen LogP contribution in [0.5, 0.6) is 5.75 Å². The maximum absolute atomic E-state index is 6.28. The minimum atomic E-state index is -0.180. The normalized spacial score (nSPS) is 14.0. The van der Waals surface area contributed by atoms with Crippen molar-refractivity contribution < 1.29 is 4.74 Å². The molecule has 2 unspecified atom stereocenters. The van der Waals surface area contributed by atoms with Crippen LogP contribution in [-0.2, 0) is 0 Å². The Hall–Kier alpha value is -1.32. The third-order valence-corrected chi connectivity index (χ3v) is 4.21. The number of rotatable bonds is 5. The maximum Gasteiger partial charge on any atom is 0.140 e. The zero-order chi connectivity index (χ0) is 15.4. The first-order valence-electron chi connectivity index (χ1n) is 7.26. The van der Waals surface area contributed by atoms with Gasteiger partial charge in [0.15, 0.2) is 0 Å². The summed E-state index contributed by atoms with van der Waals surface area (Å²) in [4.78, 5) is 0. The zero-order valence-corrected chi connectivity index (χ0v) is 14.3. The largest absolute Gasteiger partial charge is 0.484 e. The minimum Gasteiger partial charge on any atom is -0.484 e. The summed E-state index contributed by atoms with van der Waals surface area (Å²) in [5.41, 5.74) is 8.44. The van der Waals surface area contributed by atoms with Gasteiger partial charge in [-0.1, -0.05) is 66.2 Å². The van der Waals surface area contributed by atoms with Crippen molar-refractivity contribution in [2.45, 2.75) is 38.8 Å². The first-order chi connectivity index (χ1) is 10.0. The molecule has 0 spiro atoms. The van der Waals surface area contributed by atoms with Gasteiger partial charge in [0.1, 0.15) is 11.9 Å². The summed E-state index contributed by atoms with van der Waals surface area (Å²) < 4.78 is 7.30. The lowest BCUT2D eigenvalue weighted by atomic mass is 10.0. The molecule has 2 rings (SSSR count). The number of nitrogens with two attached hydrogens (primary N) is 1. The molecule has 112 valence electrons. The predicted octanol–water partition coefficient (Wildman–Crippen LogP) is 5.04. The molecule has 0 aliphatic carbocycles. The van der Waals surface area contributed by atoms with E-state index < -0.39 is 0 Å². The first kappa shape index (κ1) is 16.1. The molecule has 21 heavy (non-hydrogen) atoms. The van der Waals surface area contributed by atoms with Crippen molar-refractivity contribution in [3.05, 3.63) is 64.1 Å². The number of benzene rings is 2. The highest BCUT2D eigenvalue weighted by Crippen LogP contribution is 2.33. The van der Waals surface area contributed by atoms with E-state index in [-0.39, 0.29) is 12.1 Å². The van der Waals surface area contributed by atoms with E-state index in [1.54, 1.807) is 0 Å². The molecule has 0 saturated heterocycles. The average Bonchev–Trinajstić information content (AvgIpc) is 2.45. The minimum absolute atomic E-state index is 0.107. The lowest BCUT2D eigenvalue weighted by molar-refractivity contribution is 0.177. The van der Waals surface area contributed by atoms with Crippen LogP contribution in [0, 0.1) is 0 Å². The number of para-hydroxylation sites is 1. The average molecular weight is 348 g/mol. The summed E-state index contributed by atoms with van der Waals surface area (Å²) in [5.74, 6) is 1.32. The van der Waals surface area contributed by atoms with Crippen molar-refractivity contribution in [1.82, 2.24) is 0 Å². The van der Waals surface area contributed by atoms with Gasteiger partial charge < -0.3 is 10.5 Å². The van der Waals surface area contributed by atoms with Crippen LogP contribution in [0.3, 0.4) is 0 Å². The second-order valence-electron chi connectivity index (χ2n) is 5.61. The molecule has 0 aromatic heterocycles. The summed E-state index contributed by atoms with van der Waals surface area (Å²) in [6, 6.07) is 16.1. The van der Waals surface area contributed by atoms with E-state index in [4.69, 9.17) is 10.5 Å². The van der Waals surface area contributed by atoms with Crippen LogP contribution in [-0.4, -0.2) is 6.04 Å². The smallest absolute Gasteiger partial charge is 0.140 e. The molecule has 0 heterocycles. The third-order valence-electron chi connectivity index (χ3n) is 3.48. The fraction of sp³-hybridized carbons (Fsp3) is 0.333. The summed E-state index contributed by atoms with van der Waals surface area (Å²) in [6.07, 6.45) is -0.180. The number of halogens is 1. The van der Waals surface area contributed by atoms with Crippen LogP contribution in [0.1, 0.15) is 43.9 Å². The summed E-state index contributed by atoms with van der Waals surface area (Å²) in [5, 5.41) is 0. The lowest BCUT2D eigenvalue weighted by Crippen LogP contribution is -2.29. The van der Waals surface area contributed by atoms with Crippen molar-refractivity contribution in [2.24, 2.45) is 5.73 Å². The fourth-order valence-corrected chi connectivity index (χ4v) is 2.87. The van der Waals surface area contributed by atoms with Gasteiger partial charge in [0.05, 0.1) is 0 Å². The second-order valence-corrected chi connectivity index (χ2v) is 6.47. The quantitative estimate of drug-likeness (QED) is 0.822. The van der Waals surface area contributed by atoms with E-state index in [1.807, 2.05) is 43.3 Å². The van der Waals surface area contributed by atoms with Gasteiger partial charge in [-0.3, -0.25) is 0 Å². The first-order valence-corrected chi connectivity index (χ1v) is 8.05. The van der Waals surface area contributed by atoms with Crippen LogP contribution in [0.4, 0.5) is 0 Å². The second kappa shape index (κ2) is 7.10. The molecule has 0 saturated carbocycles. The van der Waals surface area contributed by atoms with Gasteiger partial charge in [-0.15, -0.1) is 0 Å². The van der Waals surface area contributed by atoms with Gasteiger partial charge in [0.2, 0.25) is 0 Å². The Labute approximate surface area is 135 Å². The van der Waals surface area contributed by atoms with Gasteiger partial charge in [-0.2, -0.15) is 0 Å². The molecule has 2 N–H and O–H groups in total. The van der Waals surface area contributed by atoms with Gasteiger partial charge in [0, 0.05) is 16.1 Å². The molecular formula is C18H22BrNO. The standard InChI is InChI=1S/C18H22BrNO/c1-12(2)14-8-5-7-11-17(14)21-18(13(3)20)15-9-4-6-10-16(15)19/h4-13,18H,20H2,1-3H3. The highest BCUT2D eigenvalue weighted by molar-refractivity contribution is 9.10. The molecule has 0 fully saturated rings. The SMILES string of the molecule is CC(C)c1ccccc1OC(c1ccccc1Br)C(C)N. The van der Waals surface area contributed by atoms with E-state index in [2.05, 4.69) is 41.9 Å². The van der Waals surface area contributed by atoms with Crippen LogP contribution in [0.15, 0.2) is 53.0 Å². The van der Waals surface area contributed by atoms with Crippen LogP contribution >= 0.6 is 15.9 Å². The molecule has 3 heteroatoms. The van der Waals surface area contributed by atoms with Crippen LogP contribution in [0.25, 0.3) is 0 Å². The maximum atomic E-state index is 6.28. The third kappa shape index (κ3) is 3.86. The Morgan fingerprint density at radius 3 is 2.05 bits per heavy atom. The van der Waals surface area contributed by atoms with E-state index in [1.165, 1.54) is 5.56 Å². The highest BCUT2D eigenvalue weighted by atomic mass is 79.9. The van der Waals surface area contributed by atoms with Crippen molar-refractivity contribution in [1.29, 1.82) is 0 Å². The molecule has 0 aliphatic rings. The zero-order valence-electron chi connectivity index (χ0n) is 12.7. The molecule has 0 amide bonds. The predicted molar refractivity (Wildman–Crippen MR) is 91.7 cm³/mol. The van der Waals surface area contributed by atoms with Gasteiger partial charge >= 0.3 is 0 Å². The van der Waals surface area contributed by atoms with Crippen LogP contribution < -0.4 is 10.5 Å². The fourth-order valence-electron chi connectivity index (χ4n) is 2.36. The van der Waals surface area contributed by atoms with Gasteiger partial charge in [0.25, 0.3) is 0 Å². The molecule has 2 aromatic rings. The van der Waals surface area contributed by atoms with Crippen molar-refractivity contribution in [2.75, 3.05) is 0 Å².